The van der Waals surface area contributed by atoms with Crippen LogP contribution in [0.4, 0.5) is 0 Å². The highest BCUT2D eigenvalue weighted by Crippen LogP contribution is 2.42. The first-order valence-corrected chi connectivity index (χ1v) is 16.2. The van der Waals surface area contributed by atoms with Crippen LogP contribution in [0.15, 0.2) is 70.7 Å². The van der Waals surface area contributed by atoms with Crippen molar-refractivity contribution >= 4 is 73.6 Å². The number of aromatic nitrogens is 2. The number of amides is 2. The predicted octanol–water partition coefficient (Wildman–Crippen LogP) is 4.66. The van der Waals surface area contributed by atoms with Crippen LogP contribution in [0, 0.1) is 0 Å². The molecule has 0 spiro atoms. The average Bonchev–Trinajstić information content (AvgIpc) is 3.74. The SMILES string of the molecule is O=C(O)[C@@H]1CCCN1C(=O)c1cnc2c(SSc3cccc4cc(C(=O)N5CCC[C@H]5C(=O)O)cnc34)cccc2c1.O=CO. The van der Waals surface area contributed by atoms with Crippen LogP contribution in [0.25, 0.3) is 21.8 Å². The van der Waals surface area contributed by atoms with Crippen molar-refractivity contribution in [1.29, 1.82) is 0 Å². The Labute approximate surface area is 264 Å². The van der Waals surface area contributed by atoms with E-state index in [1.54, 1.807) is 12.1 Å². The van der Waals surface area contributed by atoms with Gasteiger partial charge in [-0.3, -0.25) is 24.4 Å². The van der Waals surface area contributed by atoms with Crippen molar-refractivity contribution in [2.45, 2.75) is 47.6 Å². The molecule has 2 aromatic carbocycles. The fourth-order valence-electron chi connectivity index (χ4n) is 5.59. The zero-order chi connectivity index (χ0) is 32.1. The van der Waals surface area contributed by atoms with Gasteiger partial charge in [0.15, 0.2) is 0 Å². The Kier molecular flexibility index (Phi) is 9.83. The summed E-state index contributed by atoms with van der Waals surface area (Å²) in [5.74, 6) is -2.64. The minimum Gasteiger partial charge on any atom is -0.483 e. The van der Waals surface area contributed by atoms with E-state index in [2.05, 4.69) is 9.97 Å². The maximum atomic E-state index is 13.1. The lowest BCUT2D eigenvalue weighted by molar-refractivity contribution is -0.142. The van der Waals surface area contributed by atoms with Gasteiger partial charge in [-0.25, -0.2) is 9.59 Å². The predicted molar refractivity (Wildman–Crippen MR) is 167 cm³/mol. The number of hydrogen-bond acceptors (Lipinski definition) is 9. The van der Waals surface area contributed by atoms with Crippen molar-refractivity contribution < 1.29 is 39.3 Å². The van der Waals surface area contributed by atoms with E-state index in [1.807, 2.05) is 36.4 Å². The van der Waals surface area contributed by atoms with Crippen LogP contribution in [-0.4, -0.2) is 90.5 Å². The van der Waals surface area contributed by atoms with Crippen molar-refractivity contribution in [2.24, 2.45) is 0 Å². The molecule has 0 radical (unpaired) electrons. The molecule has 3 N–H and O–H groups in total. The number of aliphatic carboxylic acids is 2. The summed E-state index contributed by atoms with van der Waals surface area (Å²) < 4.78 is 0. The Hall–Kier alpha value is -4.69. The van der Waals surface area contributed by atoms with Crippen LogP contribution in [0.3, 0.4) is 0 Å². The highest BCUT2D eigenvalue weighted by molar-refractivity contribution is 8.76. The number of para-hydroxylation sites is 2. The lowest BCUT2D eigenvalue weighted by Crippen LogP contribution is -2.40. The zero-order valence-corrected chi connectivity index (χ0v) is 25.4. The van der Waals surface area contributed by atoms with Crippen molar-refractivity contribution in [3.05, 3.63) is 72.1 Å². The molecule has 0 unspecified atom stereocenters. The van der Waals surface area contributed by atoms with Gasteiger partial charge in [-0.1, -0.05) is 45.9 Å². The largest absolute Gasteiger partial charge is 0.483 e. The summed E-state index contributed by atoms with van der Waals surface area (Å²) in [5.41, 5.74) is 2.17. The molecule has 2 aliphatic rings. The lowest BCUT2D eigenvalue weighted by Gasteiger charge is -2.21. The van der Waals surface area contributed by atoms with E-state index in [0.29, 0.717) is 49.9 Å². The maximum Gasteiger partial charge on any atom is 0.326 e. The Balaban J connectivity index is 0.00000128. The fourth-order valence-corrected chi connectivity index (χ4v) is 7.88. The molecular formula is C31H28N4O8S2. The molecule has 14 heteroatoms. The Morgan fingerprint density at radius 1 is 0.733 bits per heavy atom. The topological polar surface area (TPSA) is 178 Å². The number of likely N-dealkylation sites (tertiary alicyclic amines) is 2. The molecule has 4 heterocycles. The van der Waals surface area contributed by atoms with Gasteiger partial charge in [-0.05, 0) is 49.9 Å². The Morgan fingerprint density at radius 2 is 1.13 bits per heavy atom. The van der Waals surface area contributed by atoms with Gasteiger partial charge in [0.2, 0.25) is 0 Å². The number of pyridine rings is 2. The summed E-state index contributed by atoms with van der Waals surface area (Å²) in [6, 6.07) is 13.3. The second-order valence-electron chi connectivity index (χ2n) is 10.4. The number of carboxylic acid groups (broad SMARTS) is 3. The quantitative estimate of drug-likeness (QED) is 0.187. The number of fused-ring (bicyclic) bond motifs is 2. The molecule has 2 aromatic heterocycles. The molecule has 2 atom stereocenters. The normalized spacial score (nSPS) is 17.6. The Morgan fingerprint density at radius 3 is 1.51 bits per heavy atom. The first kappa shape index (κ1) is 31.7. The summed E-state index contributed by atoms with van der Waals surface area (Å²) in [6.07, 6.45) is 5.22. The molecule has 6 rings (SSSR count). The van der Waals surface area contributed by atoms with Crippen LogP contribution in [-0.2, 0) is 14.4 Å². The minimum absolute atomic E-state index is 0.250. The maximum absolute atomic E-state index is 13.1. The molecule has 232 valence electrons. The molecule has 0 bridgehead atoms. The molecule has 4 aromatic rings. The molecule has 0 aliphatic carbocycles. The second kappa shape index (κ2) is 13.9. The monoisotopic (exact) mass is 648 g/mol. The molecule has 2 saturated heterocycles. The van der Waals surface area contributed by atoms with Crippen molar-refractivity contribution in [3.8, 4) is 0 Å². The van der Waals surface area contributed by atoms with Gasteiger partial charge in [0.25, 0.3) is 18.3 Å². The Bertz CT molecular complexity index is 1680. The van der Waals surface area contributed by atoms with Gasteiger partial charge >= 0.3 is 11.9 Å². The number of benzene rings is 2. The molecular weight excluding hydrogens is 620 g/mol. The van der Waals surface area contributed by atoms with Crippen molar-refractivity contribution in [1.82, 2.24) is 19.8 Å². The summed E-state index contributed by atoms with van der Waals surface area (Å²) in [4.78, 5) is 71.3. The molecule has 2 fully saturated rings. The van der Waals surface area contributed by atoms with Crippen LogP contribution in [0.1, 0.15) is 46.4 Å². The van der Waals surface area contributed by atoms with E-state index in [4.69, 9.17) is 9.90 Å². The van der Waals surface area contributed by atoms with E-state index in [-0.39, 0.29) is 18.3 Å². The van der Waals surface area contributed by atoms with Crippen LogP contribution in [0.5, 0.6) is 0 Å². The number of carboxylic acids is 2. The summed E-state index contributed by atoms with van der Waals surface area (Å²) in [5, 5.41) is 27.4. The first-order valence-electron chi connectivity index (χ1n) is 14.0. The highest BCUT2D eigenvalue weighted by Gasteiger charge is 2.35. The summed E-state index contributed by atoms with van der Waals surface area (Å²) in [7, 11) is 2.99. The lowest BCUT2D eigenvalue weighted by atomic mass is 10.1. The number of carbonyl (C=O) groups excluding carboxylic acids is 2. The van der Waals surface area contributed by atoms with Crippen LogP contribution < -0.4 is 0 Å². The molecule has 2 amide bonds. The van der Waals surface area contributed by atoms with Gasteiger partial charge in [0.05, 0.1) is 22.2 Å². The molecule has 45 heavy (non-hydrogen) atoms. The van der Waals surface area contributed by atoms with Gasteiger partial charge in [0, 0.05) is 46.0 Å². The van der Waals surface area contributed by atoms with Gasteiger partial charge in [-0.15, -0.1) is 0 Å². The van der Waals surface area contributed by atoms with Gasteiger partial charge < -0.3 is 25.1 Å². The average molecular weight is 649 g/mol. The van der Waals surface area contributed by atoms with E-state index in [0.717, 1.165) is 31.6 Å². The molecule has 0 saturated carbocycles. The summed E-state index contributed by atoms with van der Waals surface area (Å²) in [6.45, 7) is 0.576. The highest BCUT2D eigenvalue weighted by atomic mass is 33.1. The molecule has 2 aliphatic heterocycles. The smallest absolute Gasteiger partial charge is 0.326 e. The number of hydrogen-bond donors (Lipinski definition) is 3. The van der Waals surface area contributed by atoms with Gasteiger partial charge in [0.1, 0.15) is 12.1 Å². The second-order valence-corrected chi connectivity index (χ2v) is 12.6. The first-order chi connectivity index (χ1) is 21.7. The number of carbonyl (C=O) groups is 5. The van der Waals surface area contributed by atoms with E-state index >= 15 is 0 Å². The third kappa shape index (κ3) is 6.71. The van der Waals surface area contributed by atoms with E-state index < -0.39 is 24.0 Å². The third-order valence-corrected chi connectivity index (χ3v) is 10.1. The van der Waals surface area contributed by atoms with Gasteiger partial charge in [-0.2, -0.15) is 0 Å². The van der Waals surface area contributed by atoms with Crippen LogP contribution >= 0.6 is 21.6 Å². The van der Waals surface area contributed by atoms with Crippen LogP contribution in [0.2, 0.25) is 0 Å². The fraction of sp³-hybridized carbons (Fsp3) is 0.258. The summed E-state index contributed by atoms with van der Waals surface area (Å²) >= 11 is 0. The third-order valence-electron chi connectivity index (χ3n) is 7.66. The molecule has 12 nitrogen and oxygen atoms in total. The standard InChI is InChI=1S/C30H26N4O6S2.CH2O2/c35-27(33-11-3-7-21(33)29(37)38)19-13-17-5-1-9-23(25(17)31-15-19)41-42-24-10-2-6-18-14-20(16-32-26(18)24)28(36)34-12-4-8-22(34)30(39)40;2-1-3/h1-2,5-6,9-10,13-16,21-22H,3-4,7-8,11-12H2,(H,37,38)(H,39,40);1H,(H,2,3)/t21-,22-;/m0./s1. The number of nitrogens with zero attached hydrogens (tertiary/aromatic N) is 4. The number of rotatable bonds is 7. The van der Waals surface area contributed by atoms with Crippen molar-refractivity contribution in [3.63, 3.8) is 0 Å². The zero-order valence-electron chi connectivity index (χ0n) is 23.7. The van der Waals surface area contributed by atoms with E-state index in [1.165, 1.54) is 43.8 Å². The van der Waals surface area contributed by atoms with E-state index in [9.17, 15) is 29.4 Å². The minimum atomic E-state index is -0.991. The van der Waals surface area contributed by atoms with Crippen molar-refractivity contribution in [2.75, 3.05) is 13.1 Å².